The summed E-state index contributed by atoms with van der Waals surface area (Å²) in [6, 6.07) is 10.4. The molecule has 2 N–H and O–H groups in total. The van der Waals surface area contributed by atoms with Crippen molar-refractivity contribution in [2.75, 3.05) is 14.2 Å². The highest BCUT2D eigenvalue weighted by Crippen LogP contribution is 2.32. The van der Waals surface area contributed by atoms with Crippen LogP contribution in [0.15, 0.2) is 36.4 Å². The molecule has 0 fully saturated rings. The second kappa shape index (κ2) is 11.1. The van der Waals surface area contributed by atoms with Crippen LogP contribution in [-0.2, 0) is 22.4 Å². The van der Waals surface area contributed by atoms with Crippen LogP contribution in [0.2, 0.25) is 10.0 Å². The summed E-state index contributed by atoms with van der Waals surface area (Å²) in [6.45, 7) is 0. The van der Waals surface area contributed by atoms with Crippen molar-refractivity contribution in [3.8, 4) is 11.5 Å². The van der Waals surface area contributed by atoms with Gasteiger partial charge in [0.15, 0.2) is 0 Å². The minimum Gasteiger partial charge on any atom is -0.495 e. The maximum atomic E-state index is 12.1. The fraction of sp³-hybridized carbons (Fsp3) is 0.364. The number of carbonyl (C=O) groups is 2. The highest BCUT2D eigenvalue weighted by Gasteiger charge is 2.29. The van der Waals surface area contributed by atoms with E-state index >= 15 is 0 Å². The Morgan fingerprint density at radius 2 is 1.40 bits per heavy atom. The Labute approximate surface area is 185 Å². The van der Waals surface area contributed by atoms with Gasteiger partial charge >= 0.3 is 11.9 Å². The van der Waals surface area contributed by atoms with Crippen LogP contribution in [0.4, 0.5) is 0 Å². The third-order valence-electron chi connectivity index (χ3n) is 5.00. The van der Waals surface area contributed by atoms with Crippen LogP contribution >= 0.6 is 23.2 Å². The summed E-state index contributed by atoms with van der Waals surface area (Å²) < 4.78 is 10.3. The Bertz CT molecular complexity index is 899. The quantitative estimate of drug-likeness (QED) is 0.497. The lowest BCUT2D eigenvalue weighted by molar-refractivity contribution is -0.145. The number of carboxylic acids is 2. The van der Waals surface area contributed by atoms with Gasteiger partial charge in [-0.15, -0.1) is 0 Å². The number of carboxylic acid groups (broad SMARTS) is 2. The van der Waals surface area contributed by atoms with Crippen LogP contribution < -0.4 is 9.47 Å². The molecule has 0 saturated carbocycles. The number of rotatable bonds is 11. The number of hydrogen-bond donors (Lipinski definition) is 2. The molecule has 0 unspecified atom stereocenters. The van der Waals surface area contributed by atoms with Gasteiger partial charge in [-0.25, -0.2) is 0 Å². The fourth-order valence-electron chi connectivity index (χ4n) is 3.44. The van der Waals surface area contributed by atoms with Gasteiger partial charge in [0.1, 0.15) is 11.5 Å². The third kappa shape index (κ3) is 6.54. The van der Waals surface area contributed by atoms with Gasteiger partial charge in [-0.2, -0.15) is 0 Å². The molecule has 30 heavy (non-hydrogen) atoms. The van der Waals surface area contributed by atoms with E-state index in [4.69, 9.17) is 37.8 Å². The predicted octanol–water partition coefficient (Wildman–Crippen LogP) is 4.98. The van der Waals surface area contributed by atoms with E-state index < -0.39 is 23.8 Å². The number of aliphatic carboxylic acids is 2. The summed E-state index contributed by atoms with van der Waals surface area (Å²) in [5, 5.41) is 19.8. The van der Waals surface area contributed by atoms with E-state index in [0.717, 1.165) is 11.1 Å². The zero-order chi connectivity index (χ0) is 22.3. The molecule has 0 heterocycles. The van der Waals surface area contributed by atoms with E-state index in [9.17, 15) is 14.7 Å². The average molecular weight is 455 g/mol. The van der Waals surface area contributed by atoms with Crippen molar-refractivity contribution in [1.82, 2.24) is 0 Å². The first-order valence-electron chi connectivity index (χ1n) is 9.34. The van der Waals surface area contributed by atoms with Gasteiger partial charge < -0.3 is 19.7 Å². The van der Waals surface area contributed by atoms with Crippen molar-refractivity contribution in [2.45, 2.75) is 25.7 Å². The molecule has 0 aromatic heterocycles. The zero-order valence-electron chi connectivity index (χ0n) is 16.7. The first-order chi connectivity index (χ1) is 14.2. The second-order valence-electron chi connectivity index (χ2n) is 6.98. The van der Waals surface area contributed by atoms with Crippen molar-refractivity contribution in [3.05, 3.63) is 57.6 Å². The van der Waals surface area contributed by atoms with E-state index in [0.29, 0.717) is 28.0 Å². The Morgan fingerprint density at radius 3 is 1.80 bits per heavy atom. The lowest BCUT2D eigenvalue weighted by Crippen LogP contribution is -2.28. The third-order valence-corrected chi connectivity index (χ3v) is 5.59. The Balaban J connectivity index is 2.30. The average Bonchev–Trinajstić information content (AvgIpc) is 2.69. The molecule has 0 bridgehead atoms. The van der Waals surface area contributed by atoms with Crippen LogP contribution in [-0.4, -0.2) is 36.4 Å². The van der Waals surface area contributed by atoms with Crippen molar-refractivity contribution >= 4 is 35.1 Å². The topological polar surface area (TPSA) is 93.1 Å². The molecule has 2 atom stereocenters. The molecule has 0 radical (unpaired) electrons. The highest BCUT2D eigenvalue weighted by molar-refractivity contribution is 6.32. The minimum atomic E-state index is -0.989. The van der Waals surface area contributed by atoms with E-state index in [1.165, 1.54) is 14.2 Å². The monoisotopic (exact) mass is 454 g/mol. The van der Waals surface area contributed by atoms with Gasteiger partial charge in [0, 0.05) is 6.42 Å². The van der Waals surface area contributed by atoms with E-state index in [1.54, 1.807) is 30.3 Å². The van der Waals surface area contributed by atoms with Gasteiger partial charge in [0.05, 0.1) is 30.2 Å². The molecule has 8 heteroatoms. The van der Waals surface area contributed by atoms with Crippen molar-refractivity contribution in [2.24, 2.45) is 11.8 Å². The molecular formula is C22H24Cl2O6. The standard InChI is InChI=1S/C22H24Cl2O6/c1-29-19-6-3-13(11-17(19)23)9-15(5-8-21(25)26)16(22(27)28)10-14-4-7-20(30-2)18(24)12-14/h3-4,6-7,11-12,15-16H,5,8-10H2,1-2H3,(H,25,26)(H,27,28)/t15-,16-/m0/s1. The first-order valence-corrected chi connectivity index (χ1v) is 10.1. The first kappa shape index (κ1) is 23.8. The number of halogens is 2. The normalized spacial score (nSPS) is 12.8. The van der Waals surface area contributed by atoms with Crippen molar-refractivity contribution in [1.29, 1.82) is 0 Å². The molecule has 0 aliphatic rings. The van der Waals surface area contributed by atoms with E-state index in [-0.39, 0.29) is 19.3 Å². The molecule has 2 aromatic carbocycles. The summed E-state index contributed by atoms with van der Waals surface area (Å²) in [6.07, 6.45) is 0.687. The van der Waals surface area contributed by atoms with Crippen LogP contribution in [0.25, 0.3) is 0 Å². The van der Waals surface area contributed by atoms with Crippen LogP contribution in [0, 0.1) is 11.8 Å². The Hall–Kier alpha value is -2.44. The van der Waals surface area contributed by atoms with E-state index in [1.807, 2.05) is 6.07 Å². The molecule has 6 nitrogen and oxygen atoms in total. The summed E-state index contributed by atoms with van der Waals surface area (Å²) in [5.74, 6) is -2.15. The largest absolute Gasteiger partial charge is 0.495 e. The zero-order valence-corrected chi connectivity index (χ0v) is 18.2. The molecular weight excluding hydrogens is 431 g/mol. The lowest BCUT2D eigenvalue weighted by Gasteiger charge is -2.24. The minimum absolute atomic E-state index is 0.123. The summed E-state index contributed by atoms with van der Waals surface area (Å²) in [4.78, 5) is 23.2. The number of ether oxygens (including phenoxy) is 2. The smallest absolute Gasteiger partial charge is 0.307 e. The van der Waals surface area contributed by atoms with Gasteiger partial charge in [-0.1, -0.05) is 35.3 Å². The summed E-state index contributed by atoms with van der Waals surface area (Å²) >= 11 is 12.4. The maximum absolute atomic E-state index is 12.1. The molecule has 0 spiro atoms. The number of hydrogen-bond acceptors (Lipinski definition) is 4. The van der Waals surface area contributed by atoms with Gasteiger partial charge in [0.2, 0.25) is 0 Å². The second-order valence-corrected chi connectivity index (χ2v) is 7.80. The van der Waals surface area contributed by atoms with Gasteiger partial charge in [-0.3, -0.25) is 9.59 Å². The number of methoxy groups -OCH3 is 2. The SMILES string of the molecule is COc1ccc(C[C@H](CCC(=O)O)[C@H](Cc2ccc(OC)c(Cl)c2)C(=O)O)cc1Cl. The maximum Gasteiger partial charge on any atom is 0.307 e. The van der Waals surface area contributed by atoms with Crippen LogP contribution in [0.5, 0.6) is 11.5 Å². The number of benzene rings is 2. The molecule has 0 amide bonds. The molecule has 0 aliphatic carbocycles. The Kier molecular flexibility index (Phi) is 8.81. The van der Waals surface area contributed by atoms with Crippen molar-refractivity contribution < 1.29 is 29.3 Å². The molecule has 2 aromatic rings. The summed E-state index contributed by atoms with van der Waals surface area (Å²) in [5.41, 5.74) is 1.55. The van der Waals surface area contributed by atoms with Crippen molar-refractivity contribution in [3.63, 3.8) is 0 Å². The molecule has 0 aliphatic heterocycles. The molecule has 162 valence electrons. The van der Waals surface area contributed by atoms with Gasteiger partial charge in [0.25, 0.3) is 0 Å². The molecule has 2 rings (SSSR count). The fourth-order valence-corrected chi connectivity index (χ4v) is 4.00. The van der Waals surface area contributed by atoms with Crippen LogP contribution in [0.1, 0.15) is 24.0 Å². The summed E-state index contributed by atoms with van der Waals surface area (Å²) in [7, 11) is 3.01. The molecule has 0 saturated heterocycles. The lowest BCUT2D eigenvalue weighted by atomic mass is 9.80. The van der Waals surface area contributed by atoms with E-state index in [2.05, 4.69) is 0 Å². The van der Waals surface area contributed by atoms with Crippen LogP contribution in [0.3, 0.4) is 0 Å². The highest BCUT2D eigenvalue weighted by atomic mass is 35.5. The van der Waals surface area contributed by atoms with Gasteiger partial charge in [-0.05, 0) is 60.6 Å². The Morgan fingerprint density at radius 1 is 0.900 bits per heavy atom. The predicted molar refractivity (Wildman–Crippen MR) is 115 cm³/mol.